The van der Waals surface area contributed by atoms with E-state index in [9.17, 15) is 8.42 Å². The zero-order valence-electron chi connectivity index (χ0n) is 9.30. The van der Waals surface area contributed by atoms with Crippen molar-refractivity contribution in [2.24, 2.45) is 0 Å². The van der Waals surface area contributed by atoms with Crippen LogP contribution in [-0.2, 0) is 10.0 Å². The van der Waals surface area contributed by atoms with Gasteiger partial charge in [-0.2, -0.15) is 11.8 Å². The van der Waals surface area contributed by atoms with Crippen LogP contribution in [0.15, 0.2) is 29.2 Å². The number of hydrogen-bond acceptors (Lipinski definition) is 4. The molecule has 90 valence electrons. The van der Waals surface area contributed by atoms with E-state index in [0.29, 0.717) is 0 Å². The molecule has 0 saturated heterocycles. The molecule has 0 spiro atoms. The maximum Gasteiger partial charge on any atom is 0.242 e. The summed E-state index contributed by atoms with van der Waals surface area (Å²) in [5.41, 5.74) is 5.90. The smallest absolute Gasteiger partial charge is 0.242 e. The van der Waals surface area contributed by atoms with Crippen molar-refractivity contribution >= 4 is 27.5 Å². The van der Waals surface area contributed by atoms with Crippen molar-refractivity contribution < 1.29 is 8.42 Å². The number of thioether (sulfide) groups is 1. The number of nitrogens with one attached hydrogen (secondary N) is 1. The van der Waals surface area contributed by atoms with Gasteiger partial charge in [-0.3, -0.25) is 0 Å². The standard InChI is InChI=1S/C10H16N2O2S2/c1-8(7-15-2)12-16(13,14)10-6-4-3-5-9(10)11/h3-6,8,12H,7,11H2,1-2H3. The molecular weight excluding hydrogens is 244 g/mol. The lowest BCUT2D eigenvalue weighted by atomic mass is 10.3. The van der Waals surface area contributed by atoms with Crippen LogP contribution in [0.25, 0.3) is 0 Å². The van der Waals surface area contributed by atoms with E-state index in [1.807, 2.05) is 13.2 Å². The van der Waals surface area contributed by atoms with Crippen molar-refractivity contribution in [2.75, 3.05) is 17.7 Å². The van der Waals surface area contributed by atoms with Crippen LogP contribution < -0.4 is 10.5 Å². The van der Waals surface area contributed by atoms with E-state index >= 15 is 0 Å². The van der Waals surface area contributed by atoms with E-state index in [1.165, 1.54) is 6.07 Å². The first-order valence-corrected chi connectivity index (χ1v) is 7.71. The van der Waals surface area contributed by atoms with Gasteiger partial charge in [0.2, 0.25) is 10.0 Å². The van der Waals surface area contributed by atoms with Crippen LogP contribution in [0.3, 0.4) is 0 Å². The van der Waals surface area contributed by atoms with Crippen LogP contribution in [0.4, 0.5) is 5.69 Å². The molecule has 0 fully saturated rings. The summed E-state index contributed by atoms with van der Waals surface area (Å²) in [5.74, 6) is 0.728. The van der Waals surface area contributed by atoms with Crippen LogP contribution in [0.1, 0.15) is 6.92 Å². The lowest BCUT2D eigenvalue weighted by Crippen LogP contribution is -2.34. The van der Waals surface area contributed by atoms with E-state index in [4.69, 9.17) is 5.73 Å². The second-order valence-electron chi connectivity index (χ2n) is 3.52. The Bertz CT molecular complexity index is 446. The number of nitrogens with two attached hydrogens (primary N) is 1. The minimum Gasteiger partial charge on any atom is -0.398 e. The average Bonchev–Trinajstić information content (AvgIpc) is 2.17. The molecule has 0 aromatic heterocycles. The van der Waals surface area contributed by atoms with Gasteiger partial charge in [-0.25, -0.2) is 13.1 Å². The monoisotopic (exact) mass is 260 g/mol. The van der Waals surface area contributed by atoms with Gasteiger partial charge in [0.25, 0.3) is 0 Å². The average molecular weight is 260 g/mol. The van der Waals surface area contributed by atoms with Gasteiger partial charge in [0.1, 0.15) is 4.90 Å². The Morgan fingerprint density at radius 1 is 1.44 bits per heavy atom. The van der Waals surface area contributed by atoms with E-state index in [-0.39, 0.29) is 16.6 Å². The van der Waals surface area contributed by atoms with Gasteiger partial charge in [0, 0.05) is 11.8 Å². The summed E-state index contributed by atoms with van der Waals surface area (Å²) in [6.45, 7) is 1.83. The highest BCUT2D eigenvalue weighted by atomic mass is 32.2. The van der Waals surface area contributed by atoms with Gasteiger partial charge in [-0.1, -0.05) is 12.1 Å². The number of nitrogen functional groups attached to an aromatic ring is 1. The van der Waals surface area contributed by atoms with Crippen LogP contribution in [0.2, 0.25) is 0 Å². The fourth-order valence-corrected chi connectivity index (χ4v) is 3.40. The van der Waals surface area contributed by atoms with Crippen LogP contribution in [-0.4, -0.2) is 26.5 Å². The highest BCUT2D eigenvalue weighted by Gasteiger charge is 2.18. The maximum absolute atomic E-state index is 11.9. The van der Waals surface area contributed by atoms with Crippen LogP contribution >= 0.6 is 11.8 Å². The number of rotatable bonds is 5. The molecule has 3 N–H and O–H groups in total. The van der Waals surface area contributed by atoms with Crippen molar-refractivity contribution in [1.29, 1.82) is 0 Å². The van der Waals surface area contributed by atoms with Gasteiger partial charge < -0.3 is 5.73 Å². The number of para-hydroxylation sites is 1. The predicted octanol–water partition coefficient (Wildman–Crippen LogP) is 1.30. The molecule has 0 amide bonds. The fourth-order valence-electron chi connectivity index (χ4n) is 1.34. The topological polar surface area (TPSA) is 72.2 Å². The Kier molecular flexibility index (Phi) is 4.64. The zero-order valence-corrected chi connectivity index (χ0v) is 10.9. The summed E-state index contributed by atoms with van der Waals surface area (Å²) < 4.78 is 26.5. The van der Waals surface area contributed by atoms with Crippen LogP contribution in [0.5, 0.6) is 0 Å². The lowest BCUT2D eigenvalue weighted by molar-refractivity contribution is 0.571. The summed E-state index contributed by atoms with van der Waals surface area (Å²) in [4.78, 5) is 0.142. The van der Waals surface area contributed by atoms with E-state index in [1.54, 1.807) is 30.0 Å². The van der Waals surface area contributed by atoms with Crippen molar-refractivity contribution in [3.8, 4) is 0 Å². The number of hydrogen-bond donors (Lipinski definition) is 2. The summed E-state index contributed by atoms with van der Waals surface area (Å²) in [6, 6.07) is 6.33. The van der Waals surface area contributed by atoms with Crippen molar-refractivity contribution in [3.05, 3.63) is 24.3 Å². The van der Waals surface area contributed by atoms with Crippen LogP contribution in [0, 0.1) is 0 Å². The maximum atomic E-state index is 11.9. The normalized spacial score (nSPS) is 13.6. The Balaban J connectivity index is 2.91. The van der Waals surface area contributed by atoms with E-state index in [2.05, 4.69) is 4.72 Å². The summed E-state index contributed by atoms with van der Waals surface area (Å²) in [7, 11) is -3.50. The third kappa shape index (κ3) is 3.40. The van der Waals surface area contributed by atoms with Gasteiger partial charge in [-0.15, -0.1) is 0 Å². The first kappa shape index (κ1) is 13.3. The Hall–Kier alpha value is -0.720. The van der Waals surface area contributed by atoms with Crippen molar-refractivity contribution in [3.63, 3.8) is 0 Å². The minimum atomic E-state index is -3.50. The summed E-state index contributed by atoms with van der Waals surface area (Å²) >= 11 is 1.59. The molecule has 0 heterocycles. The number of anilines is 1. The Morgan fingerprint density at radius 2 is 2.06 bits per heavy atom. The molecule has 16 heavy (non-hydrogen) atoms. The van der Waals surface area contributed by atoms with Gasteiger partial charge >= 0.3 is 0 Å². The Morgan fingerprint density at radius 3 is 2.62 bits per heavy atom. The summed E-state index contributed by atoms with van der Waals surface area (Å²) in [5, 5.41) is 0. The third-order valence-corrected chi connectivity index (χ3v) is 4.48. The first-order valence-electron chi connectivity index (χ1n) is 4.83. The molecule has 0 aliphatic heterocycles. The molecule has 0 aliphatic carbocycles. The molecule has 0 bridgehead atoms. The molecule has 1 aromatic carbocycles. The predicted molar refractivity (Wildman–Crippen MR) is 69.0 cm³/mol. The molecule has 0 aliphatic rings. The second-order valence-corrected chi connectivity index (χ2v) is 6.11. The second kappa shape index (κ2) is 5.56. The largest absolute Gasteiger partial charge is 0.398 e. The first-order chi connectivity index (χ1) is 7.47. The zero-order chi connectivity index (χ0) is 12.2. The third-order valence-electron chi connectivity index (χ3n) is 1.98. The molecule has 6 heteroatoms. The lowest BCUT2D eigenvalue weighted by Gasteiger charge is -2.13. The van der Waals surface area contributed by atoms with Crippen molar-refractivity contribution in [1.82, 2.24) is 4.72 Å². The molecular formula is C10H16N2O2S2. The quantitative estimate of drug-likeness (QED) is 0.783. The Labute approximate surface area is 101 Å². The van der Waals surface area contributed by atoms with Crippen molar-refractivity contribution in [2.45, 2.75) is 17.9 Å². The molecule has 0 saturated carbocycles. The molecule has 1 rings (SSSR count). The number of benzene rings is 1. The molecule has 1 atom stereocenters. The molecule has 4 nitrogen and oxygen atoms in total. The highest BCUT2D eigenvalue weighted by molar-refractivity contribution is 7.98. The molecule has 1 unspecified atom stereocenters. The molecule has 1 aromatic rings. The minimum absolute atomic E-state index is 0.111. The SMILES string of the molecule is CSCC(C)NS(=O)(=O)c1ccccc1N. The van der Waals surface area contributed by atoms with E-state index < -0.39 is 10.0 Å². The van der Waals surface area contributed by atoms with Gasteiger partial charge in [0.15, 0.2) is 0 Å². The summed E-state index contributed by atoms with van der Waals surface area (Å²) in [6.07, 6.45) is 1.93. The van der Waals surface area contributed by atoms with Gasteiger partial charge in [0.05, 0.1) is 5.69 Å². The number of sulfonamides is 1. The fraction of sp³-hybridized carbons (Fsp3) is 0.400. The highest BCUT2D eigenvalue weighted by Crippen LogP contribution is 2.17. The van der Waals surface area contributed by atoms with E-state index in [0.717, 1.165) is 5.75 Å². The van der Waals surface area contributed by atoms with Gasteiger partial charge in [-0.05, 0) is 25.3 Å². The molecule has 0 radical (unpaired) electrons.